The molecule has 8 heteroatoms. The van der Waals surface area contributed by atoms with Crippen LogP contribution >= 0.6 is 11.8 Å². The molecular formula is C25H40N2O5S. The predicted octanol–water partition coefficient (Wildman–Crippen LogP) is 3.00. The Morgan fingerprint density at radius 1 is 1.36 bits per heavy atom. The number of esters is 1. The van der Waals surface area contributed by atoms with Gasteiger partial charge in [-0.25, -0.2) is 0 Å². The molecule has 3 unspecified atom stereocenters. The molecular weight excluding hydrogens is 440 g/mol. The van der Waals surface area contributed by atoms with E-state index in [2.05, 4.69) is 13.5 Å². The van der Waals surface area contributed by atoms with Gasteiger partial charge >= 0.3 is 5.97 Å². The molecule has 3 aliphatic rings. The third-order valence-corrected chi connectivity index (χ3v) is 9.90. The number of fused-ring (bicyclic) bond motifs is 1. The molecule has 3 aliphatic heterocycles. The third-order valence-electron chi connectivity index (χ3n) is 7.91. The zero-order chi connectivity index (χ0) is 24.6. The van der Waals surface area contributed by atoms with Crippen molar-refractivity contribution in [1.82, 2.24) is 9.80 Å². The van der Waals surface area contributed by atoms with Crippen molar-refractivity contribution in [3.63, 3.8) is 0 Å². The normalized spacial score (nSPS) is 34.2. The number of hydrogen-bond acceptors (Lipinski definition) is 6. The van der Waals surface area contributed by atoms with Crippen LogP contribution in [0.15, 0.2) is 12.7 Å². The zero-order valence-electron chi connectivity index (χ0n) is 20.7. The maximum Gasteiger partial charge on any atom is 0.311 e. The first-order valence-corrected chi connectivity index (χ1v) is 13.2. The van der Waals surface area contributed by atoms with Crippen molar-refractivity contribution in [1.29, 1.82) is 0 Å². The average Bonchev–Trinajstić information content (AvgIpc) is 3.34. The van der Waals surface area contributed by atoms with E-state index in [9.17, 15) is 19.5 Å². The van der Waals surface area contributed by atoms with Gasteiger partial charge in [-0.3, -0.25) is 14.4 Å². The summed E-state index contributed by atoms with van der Waals surface area (Å²) in [6, 6.07) is -1.17. The average molecular weight is 481 g/mol. The summed E-state index contributed by atoms with van der Waals surface area (Å²) in [7, 11) is 0. The van der Waals surface area contributed by atoms with Crippen molar-refractivity contribution in [3.05, 3.63) is 12.7 Å². The molecule has 3 fully saturated rings. The predicted molar refractivity (Wildman–Crippen MR) is 130 cm³/mol. The van der Waals surface area contributed by atoms with E-state index in [1.165, 1.54) is 0 Å². The van der Waals surface area contributed by atoms with Crippen LogP contribution < -0.4 is 0 Å². The Morgan fingerprint density at radius 2 is 2.06 bits per heavy atom. The standard InChI is InChI=1S/C25H40N2O5S/c1-7-11-16(5)26(14-8-2)22(30)20-25-13-12-24(6,33-25)19(23(31)32-10-4)18(25)21(29)27(20)17(9-3)15-28/h8,16-20,28H,2,7,9-15H2,1,3-6H3/t16?,17-,18-,19-,20?,24+,25?/m0/s1. The number of carbonyl (C=O) groups is 3. The van der Waals surface area contributed by atoms with Crippen molar-refractivity contribution < 1.29 is 24.2 Å². The molecule has 0 radical (unpaired) electrons. The van der Waals surface area contributed by atoms with E-state index >= 15 is 0 Å². The fourth-order valence-electron chi connectivity index (χ4n) is 6.40. The third kappa shape index (κ3) is 4.01. The highest BCUT2D eigenvalue weighted by molar-refractivity contribution is 8.02. The Balaban J connectivity index is 2.12. The summed E-state index contributed by atoms with van der Waals surface area (Å²) in [6.45, 7) is 14.1. The van der Waals surface area contributed by atoms with E-state index in [1.807, 2.05) is 25.7 Å². The molecule has 0 saturated carbocycles. The fourth-order valence-corrected chi connectivity index (χ4v) is 8.72. The van der Waals surface area contributed by atoms with E-state index in [4.69, 9.17) is 4.74 Å². The largest absolute Gasteiger partial charge is 0.466 e. The van der Waals surface area contributed by atoms with Gasteiger partial charge in [-0.2, -0.15) is 0 Å². The number of carbonyl (C=O) groups excluding carboxylic acids is 3. The number of thioether (sulfide) groups is 1. The van der Waals surface area contributed by atoms with Crippen molar-refractivity contribution in [3.8, 4) is 0 Å². The van der Waals surface area contributed by atoms with Crippen molar-refractivity contribution in [2.45, 2.75) is 94.3 Å². The van der Waals surface area contributed by atoms with Crippen LogP contribution in [0.3, 0.4) is 0 Å². The molecule has 7 atom stereocenters. The minimum Gasteiger partial charge on any atom is -0.466 e. The van der Waals surface area contributed by atoms with E-state index in [1.54, 1.807) is 29.7 Å². The molecule has 3 saturated heterocycles. The number of aliphatic hydroxyl groups is 1. The second-order valence-electron chi connectivity index (χ2n) is 9.89. The molecule has 7 nitrogen and oxygen atoms in total. The summed E-state index contributed by atoms with van der Waals surface area (Å²) in [6.07, 6.45) is 5.50. The van der Waals surface area contributed by atoms with Crippen LogP contribution in [0.4, 0.5) is 0 Å². The van der Waals surface area contributed by atoms with Gasteiger partial charge in [0, 0.05) is 17.3 Å². The minimum absolute atomic E-state index is 0.00199. The summed E-state index contributed by atoms with van der Waals surface area (Å²) in [5, 5.41) is 10.1. The van der Waals surface area contributed by atoms with Crippen LogP contribution in [0, 0.1) is 11.8 Å². The molecule has 0 aromatic carbocycles. The number of nitrogens with zero attached hydrogens (tertiary/aromatic N) is 2. The highest BCUT2D eigenvalue weighted by Gasteiger charge is 2.78. The van der Waals surface area contributed by atoms with Gasteiger partial charge in [0.2, 0.25) is 11.8 Å². The van der Waals surface area contributed by atoms with E-state index in [0.29, 0.717) is 19.4 Å². The van der Waals surface area contributed by atoms with Gasteiger partial charge in [-0.05, 0) is 46.5 Å². The monoisotopic (exact) mass is 480 g/mol. The van der Waals surface area contributed by atoms with Gasteiger partial charge in [0.1, 0.15) is 6.04 Å². The minimum atomic E-state index is -0.711. The number of hydrogen-bond donors (Lipinski definition) is 1. The lowest BCUT2D eigenvalue weighted by molar-refractivity contribution is -0.155. The maximum absolute atomic E-state index is 14.2. The van der Waals surface area contributed by atoms with Crippen LogP contribution in [0.2, 0.25) is 0 Å². The Bertz CT molecular complexity index is 787. The van der Waals surface area contributed by atoms with Gasteiger partial charge in [0.05, 0.1) is 35.8 Å². The molecule has 3 heterocycles. The van der Waals surface area contributed by atoms with Gasteiger partial charge in [-0.1, -0.05) is 26.3 Å². The Hall–Kier alpha value is -1.54. The Labute approximate surface area is 202 Å². The van der Waals surface area contributed by atoms with E-state index in [0.717, 1.165) is 19.3 Å². The molecule has 2 bridgehead atoms. The van der Waals surface area contributed by atoms with E-state index < -0.39 is 33.4 Å². The molecule has 0 aliphatic carbocycles. The molecule has 3 rings (SSSR count). The fraction of sp³-hybridized carbons (Fsp3) is 0.800. The highest BCUT2D eigenvalue weighted by atomic mass is 32.2. The van der Waals surface area contributed by atoms with Gasteiger partial charge in [-0.15, -0.1) is 18.3 Å². The van der Waals surface area contributed by atoms with Crippen LogP contribution in [-0.4, -0.2) is 80.1 Å². The molecule has 1 N–H and O–H groups in total. The molecule has 0 aromatic rings. The smallest absolute Gasteiger partial charge is 0.311 e. The first-order valence-electron chi connectivity index (χ1n) is 12.4. The van der Waals surface area contributed by atoms with Crippen LogP contribution in [-0.2, 0) is 19.1 Å². The van der Waals surface area contributed by atoms with Crippen LogP contribution in [0.5, 0.6) is 0 Å². The quantitative estimate of drug-likeness (QED) is 0.361. The first-order chi connectivity index (χ1) is 15.7. The molecule has 1 spiro atoms. The maximum atomic E-state index is 14.2. The summed E-state index contributed by atoms with van der Waals surface area (Å²) in [4.78, 5) is 44.8. The van der Waals surface area contributed by atoms with Gasteiger partial charge < -0.3 is 19.6 Å². The van der Waals surface area contributed by atoms with Gasteiger partial charge in [0.15, 0.2) is 0 Å². The molecule has 33 heavy (non-hydrogen) atoms. The number of amides is 2. The van der Waals surface area contributed by atoms with E-state index in [-0.39, 0.29) is 37.0 Å². The van der Waals surface area contributed by atoms with Crippen molar-refractivity contribution in [2.24, 2.45) is 11.8 Å². The number of likely N-dealkylation sites (tertiary alicyclic amines) is 1. The lowest BCUT2D eigenvalue weighted by atomic mass is 9.66. The zero-order valence-corrected chi connectivity index (χ0v) is 21.5. The van der Waals surface area contributed by atoms with Crippen LogP contribution in [0.25, 0.3) is 0 Å². The number of aliphatic hydroxyl groups excluding tert-OH is 1. The summed E-state index contributed by atoms with van der Waals surface area (Å²) < 4.78 is 4.30. The van der Waals surface area contributed by atoms with Gasteiger partial charge in [0.25, 0.3) is 0 Å². The SMILES string of the molecule is C=CCN(C(=O)C1N([C@@H](CC)CO)C(=O)[C@@H]2[C@@H](C(=O)OCC)[C@@]3(C)CCC12S3)C(C)CCC. The summed E-state index contributed by atoms with van der Waals surface area (Å²) in [5.41, 5.74) is 0. The highest BCUT2D eigenvalue weighted by Crippen LogP contribution is 2.71. The van der Waals surface area contributed by atoms with Crippen molar-refractivity contribution in [2.75, 3.05) is 19.8 Å². The Morgan fingerprint density at radius 3 is 2.61 bits per heavy atom. The molecule has 0 aromatic heterocycles. The summed E-state index contributed by atoms with van der Waals surface area (Å²) >= 11 is 1.64. The lowest BCUT2D eigenvalue weighted by Gasteiger charge is -2.41. The van der Waals surface area contributed by atoms with Crippen molar-refractivity contribution >= 4 is 29.5 Å². The van der Waals surface area contributed by atoms with Crippen LogP contribution in [0.1, 0.15) is 66.7 Å². The second kappa shape index (κ2) is 9.98. The first kappa shape index (κ1) is 26.1. The topological polar surface area (TPSA) is 87.2 Å². The Kier molecular flexibility index (Phi) is 7.89. The second-order valence-corrected chi connectivity index (χ2v) is 11.8. The number of rotatable bonds is 11. The number of ether oxygens (including phenoxy) is 1. The summed E-state index contributed by atoms with van der Waals surface area (Å²) in [5.74, 6) is -1.83. The molecule has 2 amide bonds. The lowest BCUT2D eigenvalue weighted by Crippen LogP contribution is -2.58. The molecule has 186 valence electrons.